The van der Waals surface area contributed by atoms with Crippen molar-refractivity contribution in [2.75, 3.05) is 39.3 Å². The second kappa shape index (κ2) is 6.36. The van der Waals surface area contributed by atoms with E-state index in [1.807, 2.05) is 0 Å². The summed E-state index contributed by atoms with van der Waals surface area (Å²) in [5.41, 5.74) is 0. The first-order chi connectivity index (χ1) is 7.75. The molecular formula is C13H25BrN2. The molecule has 0 aromatic carbocycles. The number of hydrogen-bond acceptors (Lipinski definition) is 2. The molecule has 0 aromatic heterocycles. The normalized spacial score (nSPS) is 27.4. The molecule has 1 unspecified atom stereocenters. The third-order valence-corrected chi connectivity index (χ3v) is 4.96. The minimum Gasteiger partial charge on any atom is -0.302 e. The second-order valence-corrected chi connectivity index (χ2v) is 6.85. The molecule has 2 heterocycles. The standard InChI is InChI=1S/C13H25BrN2/c1-12(14)13-4-8-16(9-5-13)11-10-15-6-2-3-7-15/h12-13H,2-11H2,1H3. The fourth-order valence-electron chi connectivity index (χ4n) is 2.92. The van der Waals surface area contributed by atoms with Crippen molar-refractivity contribution in [2.24, 2.45) is 5.92 Å². The van der Waals surface area contributed by atoms with Crippen molar-refractivity contribution in [3.05, 3.63) is 0 Å². The highest BCUT2D eigenvalue weighted by molar-refractivity contribution is 9.09. The van der Waals surface area contributed by atoms with Crippen molar-refractivity contribution in [3.63, 3.8) is 0 Å². The summed E-state index contributed by atoms with van der Waals surface area (Å²) < 4.78 is 0. The highest BCUT2D eigenvalue weighted by atomic mass is 79.9. The first kappa shape index (κ1) is 12.8. The van der Waals surface area contributed by atoms with Gasteiger partial charge in [-0.05, 0) is 57.8 Å². The van der Waals surface area contributed by atoms with E-state index in [4.69, 9.17) is 0 Å². The third kappa shape index (κ3) is 3.71. The number of rotatable bonds is 4. The van der Waals surface area contributed by atoms with Gasteiger partial charge >= 0.3 is 0 Å². The van der Waals surface area contributed by atoms with Crippen LogP contribution in [0.1, 0.15) is 32.6 Å². The molecule has 2 rings (SSSR count). The Kier molecular flexibility index (Phi) is 5.11. The summed E-state index contributed by atoms with van der Waals surface area (Å²) in [5, 5.41) is 0. The van der Waals surface area contributed by atoms with Gasteiger partial charge in [0, 0.05) is 17.9 Å². The van der Waals surface area contributed by atoms with E-state index in [0.717, 1.165) is 5.92 Å². The number of halogens is 1. The van der Waals surface area contributed by atoms with Gasteiger partial charge in [0.15, 0.2) is 0 Å². The van der Waals surface area contributed by atoms with Crippen LogP contribution >= 0.6 is 15.9 Å². The van der Waals surface area contributed by atoms with Crippen molar-refractivity contribution in [1.29, 1.82) is 0 Å². The van der Waals surface area contributed by atoms with Gasteiger partial charge in [0.2, 0.25) is 0 Å². The molecule has 0 aromatic rings. The lowest BCUT2D eigenvalue weighted by Crippen LogP contribution is -2.40. The van der Waals surface area contributed by atoms with Crippen LogP contribution < -0.4 is 0 Å². The molecule has 0 N–H and O–H groups in total. The number of hydrogen-bond donors (Lipinski definition) is 0. The molecule has 2 nitrogen and oxygen atoms in total. The quantitative estimate of drug-likeness (QED) is 0.734. The molecule has 0 aliphatic carbocycles. The molecule has 2 aliphatic heterocycles. The van der Waals surface area contributed by atoms with Crippen molar-refractivity contribution in [2.45, 2.75) is 37.4 Å². The molecule has 0 amide bonds. The molecule has 2 fully saturated rings. The molecule has 0 saturated carbocycles. The maximum Gasteiger partial charge on any atom is 0.0146 e. The molecule has 16 heavy (non-hydrogen) atoms. The largest absolute Gasteiger partial charge is 0.302 e. The van der Waals surface area contributed by atoms with E-state index in [1.54, 1.807) is 0 Å². The Morgan fingerprint density at radius 1 is 1.00 bits per heavy atom. The molecule has 3 heteroatoms. The third-order valence-electron chi connectivity index (χ3n) is 4.21. The minimum atomic E-state index is 0.702. The van der Waals surface area contributed by atoms with Crippen LogP contribution in [0.5, 0.6) is 0 Å². The van der Waals surface area contributed by atoms with Crippen LogP contribution in [0.3, 0.4) is 0 Å². The van der Waals surface area contributed by atoms with Gasteiger partial charge in [0.05, 0.1) is 0 Å². The van der Waals surface area contributed by atoms with Gasteiger partial charge in [-0.2, -0.15) is 0 Å². The zero-order chi connectivity index (χ0) is 11.4. The molecule has 2 saturated heterocycles. The molecule has 1 atom stereocenters. The van der Waals surface area contributed by atoms with Gasteiger partial charge in [-0.15, -0.1) is 0 Å². The Bertz CT molecular complexity index is 194. The van der Waals surface area contributed by atoms with Gasteiger partial charge in [0.1, 0.15) is 0 Å². The van der Waals surface area contributed by atoms with E-state index in [2.05, 4.69) is 32.7 Å². The first-order valence-electron chi connectivity index (χ1n) is 6.84. The average Bonchev–Trinajstić information content (AvgIpc) is 2.80. The van der Waals surface area contributed by atoms with Crippen molar-refractivity contribution >= 4 is 15.9 Å². The number of piperidine rings is 1. The van der Waals surface area contributed by atoms with E-state index < -0.39 is 0 Å². The van der Waals surface area contributed by atoms with Crippen LogP contribution in [-0.2, 0) is 0 Å². The smallest absolute Gasteiger partial charge is 0.0146 e. The van der Waals surface area contributed by atoms with Gasteiger partial charge < -0.3 is 9.80 Å². The number of nitrogens with zero attached hydrogens (tertiary/aromatic N) is 2. The Hall–Kier alpha value is 0.400. The highest BCUT2D eigenvalue weighted by Crippen LogP contribution is 2.24. The fraction of sp³-hybridized carbons (Fsp3) is 1.00. The monoisotopic (exact) mass is 288 g/mol. The van der Waals surface area contributed by atoms with Crippen LogP contribution in [0, 0.1) is 5.92 Å². The lowest BCUT2D eigenvalue weighted by atomic mass is 9.94. The Balaban J connectivity index is 1.61. The summed E-state index contributed by atoms with van der Waals surface area (Å²) in [6.45, 7) is 10.2. The van der Waals surface area contributed by atoms with Crippen molar-refractivity contribution < 1.29 is 0 Å². The Morgan fingerprint density at radius 3 is 2.00 bits per heavy atom. The van der Waals surface area contributed by atoms with E-state index in [1.165, 1.54) is 65.0 Å². The average molecular weight is 289 g/mol. The molecule has 0 spiro atoms. The van der Waals surface area contributed by atoms with Gasteiger partial charge in [0.25, 0.3) is 0 Å². The fourth-order valence-corrected chi connectivity index (χ4v) is 3.45. The topological polar surface area (TPSA) is 6.48 Å². The summed E-state index contributed by atoms with van der Waals surface area (Å²) in [6.07, 6.45) is 5.60. The van der Waals surface area contributed by atoms with E-state index >= 15 is 0 Å². The van der Waals surface area contributed by atoms with Crippen molar-refractivity contribution in [1.82, 2.24) is 9.80 Å². The van der Waals surface area contributed by atoms with E-state index in [-0.39, 0.29) is 0 Å². The van der Waals surface area contributed by atoms with Crippen LogP contribution in [0.15, 0.2) is 0 Å². The zero-order valence-corrected chi connectivity index (χ0v) is 12.1. The summed E-state index contributed by atoms with van der Waals surface area (Å²) in [5.74, 6) is 0.906. The van der Waals surface area contributed by atoms with Crippen molar-refractivity contribution in [3.8, 4) is 0 Å². The Morgan fingerprint density at radius 2 is 1.50 bits per heavy atom. The molecule has 2 aliphatic rings. The van der Waals surface area contributed by atoms with Crippen LogP contribution in [0.2, 0.25) is 0 Å². The predicted octanol–water partition coefficient (Wildman–Crippen LogP) is 2.58. The molecule has 0 radical (unpaired) electrons. The Labute approximate surface area is 108 Å². The molecule has 0 bridgehead atoms. The molecular weight excluding hydrogens is 264 g/mol. The lowest BCUT2D eigenvalue weighted by molar-refractivity contribution is 0.165. The van der Waals surface area contributed by atoms with Crippen LogP contribution in [0.25, 0.3) is 0 Å². The number of likely N-dealkylation sites (tertiary alicyclic amines) is 2. The zero-order valence-electron chi connectivity index (χ0n) is 10.5. The van der Waals surface area contributed by atoms with E-state index in [0.29, 0.717) is 4.83 Å². The predicted molar refractivity (Wildman–Crippen MR) is 73.2 cm³/mol. The SMILES string of the molecule is CC(Br)C1CCN(CCN2CCCC2)CC1. The van der Waals surface area contributed by atoms with Gasteiger partial charge in [-0.25, -0.2) is 0 Å². The summed E-state index contributed by atoms with van der Waals surface area (Å²) in [4.78, 5) is 5.98. The highest BCUT2D eigenvalue weighted by Gasteiger charge is 2.22. The van der Waals surface area contributed by atoms with Gasteiger partial charge in [-0.3, -0.25) is 0 Å². The maximum atomic E-state index is 3.72. The van der Waals surface area contributed by atoms with E-state index in [9.17, 15) is 0 Å². The molecule has 94 valence electrons. The van der Waals surface area contributed by atoms with Crippen LogP contribution in [-0.4, -0.2) is 53.9 Å². The second-order valence-electron chi connectivity index (χ2n) is 5.41. The van der Waals surface area contributed by atoms with Crippen LogP contribution in [0.4, 0.5) is 0 Å². The minimum absolute atomic E-state index is 0.702. The summed E-state index contributed by atoms with van der Waals surface area (Å²) in [6, 6.07) is 0. The summed E-state index contributed by atoms with van der Waals surface area (Å²) in [7, 11) is 0. The maximum absolute atomic E-state index is 3.72. The van der Waals surface area contributed by atoms with Gasteiger partial charge in [-0.1, -0.05) is 22.9 Å². The summed E-state index contributed by atoms with van der Waals surface area (Å²) >= 11 is 3.72. The first-order valence-corrected chi connectivity index (χ1v) is 7.76. The lowest BCUT2D eigenvalue weighted by Gasteiger charge is -2.34. The number of alkyl halides is 1.